The van der Waals surface area contributed by atoms with Crippen molar-refractivity contribution in [2.75, 3.05) is 6.61 Å². The second-order valence-corrected chi connectivity index (χ2v) is 5.24. The molecule has 17 heavy (non-hydrogen) atoms. The topological polar surface area (TPSA) is 43.4 Å². The molecule has 1 atom stereocenters. The summed E-state index contributed by atoms with van der Waals surface area (Å²) in [5.41, 5.74) is 0. The minimum Gasteiger partial charge on any atom is -0.465 e. The molecule has 0 aliphatic rings. The molecule has 0 amide bonds. The van der Waals surface area contributed by atoms with Crippen LogP contribution in [0.5, 0.6) is 0 Å². The monoisotopic (exact) mass is 256 g/mol. The van der Waals surface area contributed by atoms with Gasteiger partial charge in [0.1, 0.15) is 4.75 Å². The average Bonchev–Trinajstić information content (AvgIpc) is 2.24. The van der Waals surface area contributed by atoms with Crippen LogP contribution >= 0.6 is 11.8 Å². The molecule has 0 unspecified atom stereocenters. The largest absolute Gasteiger partial charge is 0.465 e. The van der Waals surface area contributed by atoms with Crippen molar-refractivity contribution in [3.05, 3.63) is 24.3 Å². The number of esters is 1. The van der Waals surface area contributed by atoms with E-state index < -0.39 is 4.75 Å². The summed E-state index contributed by atoms with van der Waals surface area (Å²) in [6, 6.07) is 0. The Labute approximate surface area is 107 Å². The average molecular weight is 256 g/mol. The van der Waals surface area contributed by atoms with Gasteiger partial charge in [0.05, 0.1) is 6.61 Å². The molecule has 0 aliphatic carbocycles. The Morgan fingerprint density at radius 1 is 1.29 bits per heavy atom. The molecule has 0 fully saturated rings. The zero-order chi connectivity index (χ0) is 13.3. The summed E-state index contributed by atoms with van der Waals surface area (Å²) in [5.74, 6) is -0.388. The first kappa shape index (κ1) is 16.0. The van der Waals surface area contributed by atoms with Gasteiger partial charge >= 0.3 is 5.97 Å². The maximum Gasteiger partial charge on any atom is 0.326 e. The number of ether oxygens (including phenoxy) is 1. The Morgan fingerprint density at radius 3 is 2.41 bits per heavy atom. The van der Waals surface area contributed by atoms with Gasteiger partial charge in [-0.25, -0.2) is 0 Å². The molecule has 0 aromatic rings. The van der Waals surface area contributed by atoms with E-state index in [1.807, 2.05) is 19.1 Å². The fourth-order valence-electron chi connectivity index (χ4n) is 1.17. The first-order valence-electron chi connectivity index (χ1n) is 5.67. The first-order valence-corrected chi connectivity index (χ1v) is 6.49. The molecule has 0 bridgehead atoms. The van der Waals surface area contributed by atoms with Crippen LogP contribution in [-0.4, -0.2) is 22.4 Å². The molecule has 0 heterocycles. The molecule has 0 aliphatic heterocycles. The van der Waals surface area contributed by atoms with Crippen molar-refractivity contribution in [1.82, 2.24) is 0 Å². The lowest BCUT2D eigenvalue weighted by atomic mass is 10.1. The van der Waals surface area contributed by atoms with Crippen LogP contribution in [0.2, 0.25) is 0 Å². The Balaban J connectivity index is 4.83. The molecule has 0 spiro atoms. The van der Waals surface area contributed by atoms with Crippen molar-refractivity contribution >= 4 is 22.8 Å². The van der Waals surface area contributed by atoms with E-state index in [-0.39, 0.29) is 11.1 Å². The number of carbonyl (C=O) groups excluding carboxylic acids is 2. The number of rotatable bonds is 6. The summed E-state index contributed by atoms with van der Waals surface area (Å²) >= 11 is 0.974. The Bertz CT molecular complexity index is 321. The van der Waals surface area contributed by atoms with Gasteiger partial charge in [-0.3, -0.25) is 9.59 Å². The van der Waals surface area contributed by atoms with Crippen LogP contribution < -0.4 is 0 Å². The van der Waals surface area contributed by atoms with Crippen LogP contribution in [0.15, 0.2) is 24.3 Å². The SMILES string of the molecule is CC/C=C/C=C/[C@@](C)(SC(C)=O)C(=O)OCC. The normalized spacial score (nSPS) is 15.1. The quantitative estimate of drug-likeness (QED) is 0.541. The van der Waals surface area contributed by atoms with Gasteiger partial charge in [0.2, 0.25) is 0 Å². The molecule has 0 rings (SSSR count). The van der Waals surface area contributed by atoms with Gasteiger partial charge in [-0.05, 0) is 20.3 Å². The molecule has 0 radical (unpaired) electrons. The van der Waals surface area contributed by atoms with Crippen molar-refractivity contribution in [2.24, 2.45) is 0 Å². The maximum atomic E-state index is 11.8. The van der Waals surface area contributed by atoms with Crippen molar-refractivity contribution in [3.63, 3.8) is 0 Å². The van der Waals surface area contributed by atoms with Crippen LogP contribution in [0.25, 0.3) is 0 Å². The Kier molecular flexibility index (Phi) is 7.63. The van der Waals surface area contributed by atoms with Crippen LogP contribution in [-0.2, 0) is 14.3 Å². The van der Waals surface area contributed by atoms with Crippen LogP contribution in [0.1, 0.15) is 34.1 Å². The summed E-state index contributed by atoms with van der Waals surface area (Å²) in [5, 5.41) is -0.107. The van der Waals surface area contributed by atoms with Crippen molar-refractivity contribution < 1.29 is 14.3 Å². The zero-order valence-electron chi connectivity index (χ0n) is 10.9. The van der Waals surface area contributed by atoms with Gasteiger partial charge in [-0.2, -0.15) is 0 Å². The minimum absolute atomic E-state index is 0.107. The van der Waals surface area contributed by atoms with Crippen molar-refractivity contribution in [2.45, 2.75) is 38.9 Å². The lowest BCUT2D eigenvalue weighted by molar-refractivity contribution is -0.144. The van der Waals surface area contributed by atoms with Gasteiger partial charge in [-0.1, -0.05) is 43.0 Å². The highest BCUT2D eigenvalue weighted by molar-refractivity contribution is 8.15. The van der Waals surface area contributed by atoms with Gasteiger partial charge in [-0.15, -0.1) is 0 Å². The van der Waals surface area contributed by atoms with Crippen molar-refractivity contribution in [3.8, 4) is 0 Å². The molecular weight excluding hydrogens is 236 g/mol. The standard InChI is InChI=1S/C13H20O3S/c1-5-7-8-9-10-13(4,17-11(3)14)12(15)16-6-2/h7-10H,5-6H2,1-4H3/b8-7+,10-9+/t13-/m1/s1. The van der Waals surface area contributed by atoms with Gasteiger partial charge in [0.25, 0.3) is 0 Å². The molecular formula is C13H20O3S. The third-order valence-corrected chi connectivity index (χ3v) is 2.95. The number of hydrogen-bond donors (Lipinski definition) is 0. The predicted octanol–water partition coefficient (Wildman–Crippen LogP) is 3.11. The second kappa shape index (κ2) is 8.12. The lowest BCUT2D eigenvalue weighted by Gasteiger charge is -2.21. The summed E-state index contributed by atoms with van der Waals surface area (Å²) in [6.07, 6.45) is 8.23. The molecule has 4 heteroatoms. The van der Waals surface area contributed by atoms with Crippen LogP contribution in [0, 0.1) is 0 Å². The highest BCUT2D eigenvalue weighted by Crippen LogP contribution is 2.29. The molecule has 0 N–H and O–H groups in total. The number of hydrogen-bond acceptors (Lipinski definition) is 4. The predicted molar refractivity (Wildman–Crippen MR) is 71.9 cm³/mol. The van der Waals surface area contributed by atoms with E-state index in [0.717, 1.165) is 18.2 Å². The summed E-state index contributed by atoms with van der Waals surface area (Å²) in [6.45, 7) is 7.22. The molecule has 0 aromatic heterocycles. The number of carbonyl (C=O) groups is 2. The molecule has 0 saturated carbocycles. The van der Waals surface area contributed by atoms with Gasteiger partial charge < -0.3 is 4.74 Å². The van der Waals surface area contributed by atoms with E-state index in [1.54, 1.807) is 26.0 Å². The lowest BCUT2D eigenvalue weighted by Crippen LogP contribution is -2.32. The highest BCUT2D eigenvalue weighted by Gasteiger charge is 2.34. The Morgan fingerprint density at radius 2 is 1.94 bits per heavy atom. The summed E-state index contributed by atoms with van der Waals surface area (Å²) in [7, 11) is 0. The summed E-state index contributed by atoms with van der Waals surface area (Å²) in [4.78, 5) is 23.0. The maximum absolute atomic E-state index is 11.8. The number of allylic oxidation sites excluding steroid dienone is 3. The van der Waals surface area contributed by atoms with E-state index in [2.05, 4.69) is 0 Å². The van der Waals surface area contributed by atoms with E-state index in [0.29, 0.717) is 6.61 Å². The third-order valence-electron chi connectivity index (χ3n) is 1.93. The Hall–Kier alpha value is -1.03. The molecule has 3 nitrogen and oxygen atoms in total. The van der Waals surface area contributed by atoms with Crippen molar-refractivity contribution in [1.29, 1.82) is 0 Å². The van der Waals surface area contributed by atoms with Crippen LogP contribution in [0.4, 0.5) is 0 Å². The molecule has 0 saturated heterocycles. The number of thioether (sulfide) groups is 1. The fraction of sp³-hybridized carbons (Fsp3) is 0.538. The molecule has 96 valence electrons. The van der Waals surface area contributed by atoms with E-state index in [1.165, 1.54) is 6.92 Å². The summed E-state index contributed by atoms with van der Waals surface area (Å²) < 4.78 is 4.03. The van der Waals surface area contributed by atoms with Gasteiger partial charge in [0.15, 0.2) is 5.12 Å². The third kappa shape index (κ3) is 6.31. The smallest absolute Gasteiger partial charge is 0.326 e. The minimum atomic E-state index is -0.945. The fourth-order valence-corrected chi connectivity index (χ4v) is 2.06. The molecule has 0 aromatic carbocycles. The zero-order valence-corrected chi connectivity index (χ0v) is 11.7. The van der Waals surface area contributed by atoms with E-state index >= 15 is 0 Å². The second-order valence-electron chi connectivity index (χ2n) is 3.62. The first-order chi connectivity index (χ1) is 7.96. The van der Waals surface area contributed by atoms with Gasteiger partial charge in [0, 0.05) is 6.92 Å². The van der Waals surface area contributed by atoms with E-state index in [9.17, 15) is 9.59 Å². The highest BCUT2D eigenvalue weighted by atomic mass is 32.2. The van der Waals surface area contributed by atoms with E-state index in [4.69, 9.17) is 4.74 Å². The van der Waals surface area contributed by atoms with Crippen LogP contribution in [0.3, 0.4) is 0 Å².